The standard InChI is InChI=1S/C8H16FNS/c1-7-8(3-6-11-7)10-5-2-4-9/h7-8,10H,2-6H2,1H3. The molecule has 0 aromatic carbocycles. The second-order valence-corrected chi connectivity index (χ2v) is 4.45. The van der Waals surface area contributed by atoms with Gasteiger partial charge in [0.15, 0.2) is 0 Å². The second kappa shape index (κ2) is 4.99. The van der Waals surface area contributed by atoms with Crippen LogP contribution in [0.25, 0.3) is 0 Å². The zero-order valence-corrected chi connectivity index (χ0v) is 7.79. The Morgan fingerprint density at radius 1 is 1.64 bits per heavy atom. The number of nitrogens with one attached hydrogen (secondary N) is 1. The molecule has 0 aromatic rings. The number of thioether (sulfide) groups is 1. The van der Waals surface area contributed by atoms with E-state index in [1.165, 1.54) is 12.2 Å². The van der Waals surface area contributed by atoms with Crippen molar-refractivity contribution in [1.82, 2.24) is 5.32 Å². The summed E-state index contributed by atoms with van der Waals surface area (Å²) in [5.41, 5.74) is 0. The van der Waals surface area contributed by atoms with Gasteiger partial charge in [0.25, 0.3) is 0 Å². The lowest BCUT2D eigenvalue weighted by Gasteiger charge is -2.15. The molecule has 3 heteroatoms. The van der Waals surface area contributed by atoms with E-state index in [4.69, 9.17) is 0 Å². The Labute approximate surface area is 72.1 Å². The van der Waals surface area contributed by atoms with Gasteiger partial charge < -0.3 is 5.32 Å². The third-order valence-corrected chi connectivity index (χ3v) is 3.42. The van der Waals surface area contributed by atoms with Gasteiger partial charge in [0, 0.05) is 11.3 Å². The number of hydrogen-bond donors (Lipinski definition) is 1. The smallest absolute Gasteiger partial charge is 0.0906 e. The van der Waals surface area contributed by atoms with Gasteiger partial charge in [-0.05, 0) is 25.1 Å². The monoisotopic (exact) mass is 177 g/mol. The highest BCUT2D eigenvalue weighted by atomic mass is 32.2. The summed E-state index contributed by atoms with van der Waals surface area (Å²) in [6.07, 6.45) is 1.91. The van der Waals surface area contributed by atoms with E-state index in [2.05, 4.69) is 12.2 Å². The predicted octanol–water partition coefficient (Wildman–Crippen LogP) is 1.83. The van der Waals surface area contributed by atoms with Crippen molar-refractivity contribution in [3.8, 4) is 0 Å². The van der Waals surface area contributed by atoms with Crippen molar-refractivity contribution in [3.63, 3.8) is 0 Å². The molecule has 0 bridgehead atoms. The van der Waals surface area contributed by atoms with Crippen LogP contribution in [0.15, 0.2) is 0 Å². The summed E-state index contributed by atoms with van der Waals surface area (Å²) in [6.45, 7) is 2.89. The average molecular weight is 177 g/mol. The Bertz CT molecular complexity index is 110. The van der Waals surface area contributed by atoms with Crippen molar-refractivity contribution in [2.24, 2.45) is 0 Å². The van der Waals surface area contributed by atoms with Crippen molar-refractivity contribution in [3.05, 3.63) is 0 Å². The highest BCUT2D eigenvalue weighted by Crippen LogP contribution is 2.25. The summed E-state index contributed by atoms with van der Waals surface area (Å²) in [7, 11) is 0. The quantitative estimate of drug-likeness (QED) is 0.657. The lowest BCUT2D eigenvalue weighted by Crippen LogP contribution is -2.34. The third-order valence-electron chi connectivity index (χ3n) is 2.09. The van der Waals surface area contributed by atoms with Crippen molar-refractivity contribution in [2.45, 2.75) is 31.1 Å². The topological polar surface area (TPSA) is 12.0 Å². The van der Waals surface area contributed by atoms with Crippen LogP contribution in [0.5, 0.6) is 0 Å². The Morgan fingerprint density at radius 3 is 3.00 bits per heavy atom. The van der Waals surface area contributed by atoms with Gasteiger partial charge >= 0.3 is 0 Å². The molecule has 2 atom stereocenters. The molecule has 1 N–H and O–H groups in total. The molecule has 1 fully saturated rings. The lowest BCUT2D eigenvalue weighted by atomic mass is 10.2. The Kier molecular flexibility index (Phi) is 4.23. The predicted molar refractivity (Wildman–Crippen MR) is 48.9 cm³/mol. The first-order valence-electron chi connectivity index (χ1n) is 4.25. The minimum atomic E-state index is -0.193. The minimum Gasteiger partial charge on any atom is -0.313 e. The summed E-state index contributed by atoms with van der Waals surface area (Å²) in [4.78, 5) is 0. The van der Waals surface area contributed by atoms with Gasteiger partial charge in [0.2, 0.25) is 0 Å². The van der Waals surface area contributed by atoms with Gasteiger partial charge in [-0.1, -0.05) is 6.92 Å². The molecule has 0 amide bonds. The SMILES string of the molecule is CC1SCCC1NCCCF. The maximum Gasteiger partial charge on any atom is 0.0906 e. The van der Waals surface area contributed by atoms with Crippen LogP contribution in [0.2, 0.25) is 0 Å². The van der Waals surface area contributed by atoms with Crippen LogP contribution in [-0.2, 0) is 0 Å². The minimum absolute atomic E-state index is 0.193. The number of rotatable bonds is 4. The zero-order chi connectivity index (χ0) is 8.10. The first-order valence-corrected chi connectivity index (χ1v) is 5.30. The van der Waals surface area contributed by atoms with Crippen LogP contribution < -0.4 is 5.32 Å². The molecule has 2 unspecified atom stereocenters. The number of hydrogen-bond acceptors (Lipinski definition) is 2. The van der Waals surface area contributed by atoms with E-state index < -0.39 is 0 Å². The van der Waals surface area contributed by atoms with Crippen LogP contribution in [0, 0.1) is 0 Å². The fraction of sp³-hybridized carbons (Fsp3) is 1.00. The first kappa shape index (κ1) is 9.33. The van der Waals surface area contributed by atoms with Crippen LogP contribution in [0.1, 0.15) is 19.8 Å². The van der Waals surface area contributed by atoms with Crippen molar-refractivity contribution in [1.29, 1.82) is 0 Å². The Morgan fingerprint density at radius 2 is 2.45 bits per heavy atom. The van der Waals surface area contributed by atoms with Gasteiger partial charge in [0.1, 0.15) is 0 Å². The Balaban J connectivity index is 2.05. The molecule has 0 aliphatic carbocycles. The molecular formula is C8H16FNS. The molecule has 0 radical (unpaired) electrons. The molecule has 0 spiro atoms. The fourth-order valence-corrected chi connectivity index (χ4v) is 2.58. The van der Waals surface area contributed by atoms with Gasteiger partial charge in [-0.2, -0.15) is 11.8 Å². The maximum absolute atomic E-state index is 11.7. The molecule has 1 nitrogen and oxygen atoms in total. The van der Waals surface area contributed by atoms with Crippen molar-refractivity contribution < 1.29 is 4.39 Å². The van der Waals surface area contributed by atoms with Crippen LogP contribution in [0.3, 0.4) is 0 Å². The fourth-order valence-electron chi connectivity index (χ4n) is 1.35. The Hall–Kier alpha value is 0.240. The van der Waals surface area contributed by atoms with E-state index in [1.54, 1.807) is 0 Å². The van der Waals surface area contributed by atoms with E-state index in [-0.39, 0.29) is 6.67 Å². The molecule has 1 heterocycles. The normalized spacial score (nSPS) is 31.1. The molecule has 1 aliphatic rings. The van der Waals surface area contributed by atoms with E-state index in [9.17, 15) is 4.39 Å². The van der Waals surface area contributed by atoms with E-state index in [1.807, 2.05) is 11.8 Å². The summed E-state index contributed by atoms with van der Waals surface area (Å²) in [5.74, 6) is 1.26. The zero-order valence-electron chi connectivity index (χ0n) is 6.98. The van der Waals surface area contributed by atoms with E-state index >= 15 is 0 Å². The molecule has 1 aliphatic heterocycles. The third kappa shape index (κ3) is 2.99. The number of alkyl halides is 1. The van der Waals surface area contributed by atoms with Gasteiger partial charge in [-0.15, -0.1) is 0 Å². The van der Waals surface area contributed by atoms with Crippen molar-refractivity contribution in [2.75, 3.05) is 19.0 Å². The van der Waals surface area contributed by atoms with E-state index in [0.717, 1.165) is 11.8 Å². The summed E-state index contributed by atoms with van der Waals surface area (Å²) >= 11 is 2.01. The molecule has 1 saturated heterocycles. The molecule has 1 rings (SSSR count). The van der Waals surface area contributed by atoms with Crippen LogP contribution >= 0.6 is 11.8 Å². The first-order chi connectivity index (χ1) is 5.34. The molecule has 0 saturated carbocycles. The molecule has 66 valence electrons. The second-order valence-electron chi connectivity index (χ2n) is 2.97. The highest BCUT2D eigenvalue weighted by Gasteiger charge is 2.22. The van der Waals surface area contributed by atoms with Gasteiger partial charge in [-0.3, -0.25) is 4.39 Å². The van der Waals surface area contributed by atoms with Crippen LogP contribution in [-0.4, -0.2) is 30.3 Å². The van der Waals surface area contributed by atoms with Gasteiger partial charge in [-0.25, -0.2) is 0 Å². The molecule has 11 heavy (non-hydrogen) atoms. The number of halogens is 1. The molecular weight excluding hydrogens is 161 g/mol. The summed E-state index contributed by atoms with van der Waals surface area (Å²) < 4.78 is 11.7. The average Bonchev–Trinajstić information content (AvgIpc) is 2.37. The highest BCUT2D eigenvalue weighted by molar-refractivity contribution is 8.00. The molecule has 0 aromatic heterocycles. The maximum atomic E-state index is 11.7. The summed E-state index contributed by atoms with van der Waals surface area (Å²) in [5, 5.41) is 4.09. The van der Waals surface area contributed by atoms with E-state index in [0.29, 0.717) is 12.5 Å². The summed E-state index contributed by atoms with van der Waals surface area (Å²) in [6, 6.07) is 0.631. The lowest BCUT2D eigenvalue weighted by molar-refractivity contribution is 0.434. The van der Waals surface area contributed by atoms with Crippen molar-refractivity contribution >= 4 is 11.8 Å². The largest absolute Gasteiger partial charge is 0.313 e. The van der Waals surface area contributed by atoms with Gasteiger partial charge in [0.05, 0.1) is 6.67 Å². The van der Waals surface area contributed by atoms with Crippen LogP contribution in [0.4, 0.5) is 4.39 Å².